The molecule has 0 aliphatic carbocycles. The Bertz CT molecular complexity index is 1230. The zero-order valence-electron chi connectivity index (χ0n) is 17.3. The number of halogens is 1. The van der Waals surface area contributed by atoms with Gasteiger partial charge in [-0.25, -0.2) is 4.98 Å². The number of hydrogen-bond donors (Lipinski definition) is 3. The maximum atomic E-state index is 13.0. The first kappa shape index (κ1) is 22.1. The summed E-state index contributed by atoms with van der Waals surface area (Å²) in [4.78, 5) is 45.3. The van der Waals surface area contributed by atoms with E-state index >= 15 is 0 Å². The molecule has 2 aromatic carbocycles. The minimum atomic E-state index is -0.921. The summed E-state index contributed by atoms with van der Waals surface area (Å²) in [5, 5.41) is 6.52. The second kappa shape index (κ2) is 9.58. The predicted octanol–water partition coefficient (Wildman–Crippen LogP) is 4.34. The standard InChI is InChI=1S/C23H21ClN4O3S/c1-2-14-5-3-4-6-17(14)25-21(30)16-11-18(29)26-20-19(16)22(31)28-23(27-20)32-12-13-7-9-15(24)10-8-13/h3-10,16H,2,11-12H2,1H3,(H,25,30)(H2,26,27,28,29,31)/t16-/m0/s1. The first-order valence-corrected chi connectivity index (χ1v) is 11.5. The van der Waals surface area contributed by atoms with Gasteiger partial charge in [-0.05, 0) is 35.7 Å². The van der Waals surface area contributed by atoms with Crippen LogP contribution in [0, 0.1) is 0 Å². The van der Waals surface area contributed by atoms with Crippen LogP contribution in [0.4, 0.5) is 11.5 Å². The van der Waals surface area contributed by atoms with Crippen molar-refractivity contribution >= 4 is 46.7 Å². The topological polar surface area (TPSA) is 104 Å². The minimum absolute atomic E-state index is 0.116. The minimum Gasteiger partial charge on any atom is -0.325 e. The van der Waals surface area contributed by atoms with Crippen LogP contribution in [0.15, 0.2) is 58.5 Å². The van der Waals surface area contributed by atoms with Crippen molar-refractivity contribution in [2.24, 2.45) is 0 Å². The number of aromatic nitrogens is 2. The Morgan fingerprint density at radius 1 is 1.19 bits per heavy atom. The number of nitrogens with one attached hydrogen (secondary N) is 3. The molecule has 0 spiro atoms. The lowest BCUT2D eigenvalue weighted by atomic mass is 9.92. The van der Waals surface area contributed by atoms with Gasteiger partial charge in [0.05, 0.1) is 11.5 Å². The lowest BCUT2D eigenvalue weighted by Crippen LogP contribution is -2.36. The molecule has 9 heteroatoms. The smallest absolute Gasteiger partial charge is 0.257 e. The van der Waals surface area contributed by atoms with Crippen molar-refractivity contribution in [2.75, 3.05) is 10.6 Å². The fourth-order valence-electron chi connectivity index (χ4n) is 3.55. The molecule has 32 heavy (non-hydrogen) atoms. The van der Waals surface area contributed by atoms with E-state index in [1.165, 1.54) is 11.8 Å². The highest BCUT2D eigenvalue weighted by atomic mass is 35.5. The number of anilines is 2. The van der Waals surface area contributed by atoms with Crippen LogP contribution in [-0.2, 0) is 21.8 Å². The van der Waals surface area contributed by atoms with E-state index in [4.69, 9.17) is 11.6 Å². The van der Waals surface area contributed by atoms with E-state index in [0.29, 0.717) is 21.6 Å². The monoisotopic (exact) mass is 468 g/mol. The Kier molecular flexibility index (Phi) is 6.62. The van der Waals surface area contributed by atoms with E-state index in [1.807, 2.05) is 37.3 Å². The molecule has 0 saturated carbocycles. The molecule has 4 rings (SSSR count). The summed E-state index contributed by atoms with van der Waals surface area (Å²) in [7, 11) is 0. The molecular weight excluding hydrogens is 448 g/mol. The summed E-state index contributed by atoms with van der Waals surface area (Å²) in [5.74, 6) is -0.989. The third kappa shape index (κ3) is 4.87. The molecule has 0 radical (unpaired) electrons. The van der Waals surface area contributed by atoms with E-state index < -0.39 is 17.4 Å². The Hall–Kier alpha value is -3.10. The SMILES string of the molecule is CCc1ccccc1NC(=O)[C@H]1CC(=O)Nc2nc(SCc3ccc(Cl)cc3)[nH]c(=O)c21. The Morgan fingerprint density at radius 2 is 1.94 bits per heavy atom. The van der Waals surface area contributed by atoms with E-state index in [2.05, 4.69) is 20.6 Å². The van der Waals surface area contributed by atoms with Crippen molar-refractivity contribution in [2.45, 2.75) is 36.6 Å². The van der Waals surface area contributed by atoms with Gasteiger partial charge in [0.2, 0.25) is 11.8 Å². The number of aromatic amines is 1. The zero-order chi connectivity index (χ0) is 22.7. The van der Waals surface area contributed by atoms with Crippen molar-refractivity contribution in [3.05, 3.63) is 80.6 Å². The maximum absolute atomic E-state index is 13.0. The Morgan fingerprint density at radius 3 is 2.69 bits per heavy atom. The van der Waals surface area contributed by atoms with Crippen LogP contribution in [0.25, 0.3) is 0 Å². The summed E-state index contributed by atoms with van der Waals surface area (Å²) < 4.78 is 0. The molecular formula is C23H21ClN4O3S. The van der Waals surface area contributed by atoms with Crippen molar-refractivity contribution in [3.63, 3.8) is 0 Å². The summed E-state index contributed by atoms with van der Waals surface area (Å²) in [6, 6.07) is 14.8. The van der Waals surface area contributed by atoms with Gasteiger partial charge in [0.25, 0.3) is 5.56 Å². The van der Waals surface area contributed by atoms with Gasteiger partial charge in [0.1, 0.15) is 5.82 Å². The average Bonchev–Trinajstić information content (AvgIpc) is 2.78. The van der Waals surface area contributed by atoms with Crippen LogP contribution in [0.1, 0.15) is 36.0 Å². The number of benzene rings is 2. The number of rotatable bonds is 6. The largest absolute Gasteiger partial charge is 0.325 e. The quantitative estimate of drug-likeness (QED) is 0.368. The van der Waals surface area contributed by atoms with Gasteiger partial charge in [-0.1, -0.05) is 60.6 Å². The van der Waals surface area contributed by atoms with Crippen molar-refractivity contribution in [1.29, 1.82) is 0 Å². The fourth-order valence-corrected chi connectivity index (χ4v) is 4.49. The summed E-state index contributed by atoms with van der Waals surface area (Å²) in [6.07, 6.45) is 0.629. The molecule has 1 aliphatic heterocycles. The van der Waals surface area contributed by atoms with E-state index in [9.17, 15) is 14.4 Å². The average molecular weight is 469 g/mol. The normalized spacial score (nSPS) is 15.1. The molecule has 0 saturated heterocycles. The van der Waals surface area contributed by atoms with Crippen molar-refractivity contribution in [3.8, 4) is 0 Å². The van der Waals surface area contributed by atoms with Gasteiger partial charge in [-0.15, -0.1) is 0 Å². The van der Waals surface area contributed by atoms with Gasteiger partial charge in [0.15, 0.2) is 5.16 Å². The van der Waals surface area contributed by atoms with E-state index in [0.717, 1.165) is 17.5 Å². The lowest BCUT2D eigenvalue weighted by molar-refractivity contribution is -0.123. The maximum Gasteiger partial charge on any atom is 0.257 e. The molecule has 1 aliphatic rings. The molecule has 0 unspecified atom stereocenters. The lowest BCUT2D eigenvalue weighted by Gasteiger charge is -2.24. The molecule has 164 valence electrons. The van der Waals surface area contributed by atoms with Crippen LogP contribution < -0.4 is 16.2 Å². The number of carbonyl (C=O) groups excluding carboxylic acids is 2. The second-order valence-electron chi connectivity index (χ2n) is 7.35. The van der Waals surface area contributed by atoms with Crippen LogP contribution in [0.3, 0.4) is 0 Å². The highest BCUT2D eigenvalue weighted by Gasteiger charge is 2.35. The summed E-state index contributed by atoms with van der Waals surface area (Å²) >= 11 is 7.23. The number of para-hydroxylation sites is 1. The predicted molar refractivity (Wildman–Crippen MR) is 126 cm³/mol. The molecule has 0 bridgehead atoms. The van der Waals surface area contributed by atoms with Gasteiger partial charge in [-0.2, -0.15) is 0 Å². The van der Waals surface area contributed by atoms with Crippen LogP contribution in [0.2, 0.25) is 5.02 Å². The molecule has 3 aromatic rings. The third-order valence-corrected chi connectivity index (χ3v) is 6.39. The first-order valence-electron chi connectivity index (χ1n) is 10.1. The van der Waals surface area contributed by atoms with Gasteiger partial charge < -0.3 is 15.6 Å². The van der Waals surface area contributed by atoms with Crippen LogP contribution in [0.5, 0.6) is 0 Å². The van der Waals surface area contributed by atoms with Crippen LogP contribution >= 0.6 is 23.4 Å². The molecule has 0 fully saturated rings. The third-order valence-electron chi connectivity index (χ3n) is 5.19. The highest BCUT2D eigenvalue weighted by Crippen LogP contribution is 2.31. The first-order chi connectivity index (χ1) is 15.4. The molecule has 3 N–H and O–H groups in total. The summed E-state index contributed by atoms with van der Waals surface area (Å²) in [5.41, 5.74) is 2.40. The van der Waals surface area contributed by atoms with Gasteiger partial charge >= 0.3 is 0 Å². The number of aryl methyl sites for hydroxylation is 1. The number of H-pyrrole nitrogens is 1. The number of fused-ring (bicyclic) bond motifs is 1. The summed E-state index contributed by atoms with van der Waals surface area (Å²) in [6.45, 7) is 1.99. The molecule has 1 aromatic heterocycles. The number of hydrogen-bond acceptors (Lipinski definition) is 5. The molecule has 2 amide bonds. The molecule has 7 nitrogen and oxygen atoms in total. The molecule has 1 atom stereocenters. The van der Waals surface area contributed by atoms with Gasteiger partial charge in [-0.3, -0.25) is 14.4 Å². The Balaban J connectivity index is 1.57. The highest BCUT2D eigenvalue weighted by molar-refractivity contribution is 7.98. The number of amides is 2. The number of nitrogens with zero attached hydrogens (tertiary/aromatic N) is 1. The second-order valence-corrected chi connectivity index (χ2v) is 8.75. The van der Waals surface area contributed by atoms with Crippen molar-refractivity contribution < 1.29 is 9.59 Å². The van der Waals surface area contributed by atoms with Gasteiger partial charge in [0, 0.05) is 22.9 Å². The van der Waals surface area contributed by atoms with Crippen LogP contribution in [-0.4, -0.2) is 21.8 Å². The fraction of sp³-hybridized carbons (Fsp3) is 0.217. The Labute approximate surface area is 194 Å². The zero-order valence-corrected chi connectivity index (χ0v) is 18.8. The number of thioether (sulfide) groups is 1. The van der Waals surface area contributed by atoms with E-state index in [1.54, 1.807) is 18.2 Å². The van der Waals surface area contributed by atoms with Crippen molar-refractivity contribution in [1.82, 2.24) is 9.97 Å². The van der Waals surface area contributed by atoms with E-state index in [-0.39, 0.29) is 23.7 Å². The molecule has 2 heterocycles. The number of carbonyl (C=O) groups is 2.